The lowest BCUT2D eigenvalue weighted by molar-refractivity contribution is -0.145. The highest BCUT2D eigenvalue weighted by atomic mass is 33.1. The van der Waals surface area contributed by atoms with E-state index < -0.39 is 132 Å². The molecule has 14 N–H and O–H groups in total. The van der Waals surface area contributed by atoms with E-state index in [0.29, 0.717) is 96.9 Å². The number of hydrogen-bond acceptors (Lipinski definition) is 19. The average Bonchev–Trinajstić information content (AvgIpc) is 1.59. The number of phenols is 1. The number of phenolic OH excluding ortho intramolecular Hbond substituents is 1. The largest absolute Gasteiger partial charge is 0.508 e. The summed E-state index contributed by atoms with van der Waals surface area (Å²) in [4.78, 5) is 183. The van der Waals surface area contributed by atoms with Crippen LogP contribution in [0.15, 0.2) is 139 Å². The zero-order valence-electron chi connectivity index (χ0n) is 76.7. The molecule has 31 heteroatoms. The maximum atomic E-state index is 15.8. The van der Waals surface area contributed by atoms with Gasteiger partial charge >= 0.3 is 6.09 Å². The van der Waals surface area contributed by atoms with E-state index in [4.69, 9.17) is 10.5 Å². The summed E-state index contributed by atoms with van der Waals surface area (Å²) in [6.07, 6.45) is 29.7. The van der Waals surface area contributed by atoms with Crippen LogP contribution in [-0.2, 0) is 63.9 Å². The Morgan fingerprint density at radius 2 is 1.41 bits per heavy atom. The van der Waals surface area contributed by atoms with Gasteiger partial charge in [-0.1, -0.05) is 186 Å². The number of alkyl carbamates (subject to hydrolysis) is 1. The fraction of sp³-hybridized carbons (Fsp3) is 0.596. The van der Waals surface area contributed by atoms with Crippen molar-refractivity contribution in [3.63, 3.8) is 0 Å². The number of fused-ring (bicyclic) bond motifs is 7. The van der Waals surface area contributed by atoms with Gasteiger partial charge in [0.05, 0.1) is 18.1 Å². The van der Waals surface area contributed by atoms with Crippen molar-refractivity contribution >= 4 is 103 Å². The topological polar surface area (TPSA) is 411 Å². The maximum absolute atomic E-state index is 15.8. The SMILES string of the molecule is CC(C)CCCC(C)C1CCC2C3CC=C4CC(OC(=O)NCCCCC5NC(=O)C(CC6=CNC7C=CC=CC67)NC(=O)C(Cc6ccc(O)cc6)NC(=O)C(NC(=O)C(CNC(=O)C6CCCN6C(=O)C6CCCN6C(=O)C6=CN(C)C=CC6)c6ccc7ccccc7c6)CSSCC(C(=O)NC(C(N)=O)C(C)O)NC(=O)C(C(C)C)NC5=O)CCC4(C)C3CCC12C. The number of carbonyl (C=O) groups is 12. The molecule has 5 aliphatic carbocycles. The average molecular weight is 1830 g/mol. The molecule has 21 atom stereocenters. The number of rotatable bonds is 28. The number of nitrogens with one attached hydrogen (secondary N) is 10. The first-order chi connectivity index (χ1) is 62.2. The van der Waals surface area contributed by atoms with Crippen LogP contribution in [0.3, 0.4) is 0 Å². The van der Waals surface area contributed by atoms with E-state index >= 15 is 28.8 Å². The number of hydrogen-bond donors (Lipinski definition) is 13. The second kappa shape index (κ2) is 43.9. The van der Waals surface area contributed by atoms with E-state index in [-0.39, 0.29) is 97.9 Å². The van der Waals surface area contributed by atoms with E-state index in [1.54, 1.807) is 60.3 Å². The molecule has 3 saturated carbocycles. The monoisotopic (exact) mass is 1820 g/mol. The molecule has 130 heavy (non-hydrogen) atoms. The number of primary amides is 1. The molecule has 21 unspecified atom stereocenters. The smallest absolute Gasteiger partial charge is 0.407 e. The van der Waals surface area contributed by atoms with Crippen molar-refractivity contribution < 1.29 is 72.5 Å². The number of amides is 12. The number of likely N-dealkylation sites (tertiary alicyclic amines) is 2. The van der Waals surface area contributed by atoms with Crippen molar-refractivity contribution in [1.29, 1.82) is 0 Å². The number of nitrogens with two attached hydrogens (primary N) is 1. The summed E-state index contributed by atoms with van der Waals surface area (Å²) in [6, 6.07) is 6.11. The highest BCUT2D eigenvalue weighted by molar-refractivity contribution is 8.76. The van der Waals surface area contributed by atoms with Crippen molar-refractivity contribution in [2.45, 2.75) is 269 Å². The van der Waals surface area contributed by atoms with Crippen LogP contribution in [0.2, 0.25) is 0 Å². The predicted molar refractivity (Wildman–Crippen MR) is 501 cm³/mol. The van der Waals surface area contributed by atoms with Crippen molar-refractivity contribution in [2.75, 3.05) is 44.7 Å². The molecule has 3 saturated heterocycles. The van der Waals surface area contributed by atoms with Crippen LogP contribution >= 0.6 is 21.6 Å². The summed E-state index contributed by atoms with van der Waals surface area (Å²) in [5, 5.41) is 51.9. The summed E-state index contributed by atoms with van der Waals surface area (Å²) in [5.74, 6) is -7.04. The summed E-state index contributed by atoms with van der Waals surface area (Å²) < 4.78 is 6.21. The molecule has 6 fully saturated rings. The lowest BCUT2D eigenvalue weighted by Crippen LogP contribution is -2.62. The van der Waals surface area contributed by atoms with E-state index in [0.717, 1.165) is 69.4 Å². The molecule has 3 aromatic rings. The number of aromatic hydroxyl groups is 1. The summed E-state index contributed by atoms with van der Waals surface area (Å²) in [6.45, 7) is 17.2. The van der Waals surface area contributed by atoms with E-state index in [1.165, 1.54) is 74.5 Å². The lowest BCUT2D eigenvalue weighted by Gasteiger charge is -2.58. The van der Waals surface area contributed by atoms with Gasteiger partial charge in [-0.15, -0.1) is 0 Å². The molecule has 12 amide bonds. The van der Waals surface area contributed by atoms with Gasteiger partial charge in [-0.05, 0) is 214 Å². The number of unbranched alkanes of at least 4 members (excludes halogenated alkanes) is 1. The Bertz CT molecular complexity index is 4840. The molecule has 29 nitrogen and oxygen atoms in total. The van der Waals surface area contributed by atoms with Gasteiger partial charge in [-0.2, -0.15) is 0 Å². The third-order valence-electron chi connectivity index (χ3n) is 29.5. The first-order valence-corrected chi connectivity index (χ1v) is 49.8. The van der Waals surface area contributed by atoms with Gasteiger partial charge in [0.25, 0.3) is 5.91 Å². The minimum atomic E-state index is -1.64. The van der Waals surface area contributed by atoms with Crippen LogP contribution in [0.1, 0.15) is 201 Å². The van der Waals surface area contributed by atoms with Gasteiger partial charge in [0.2, 0.25) is 59.1 Å². The highest BCUT2D eigenvalue weighted by Gasteiger charge is 2.60. The Morgan fingerprint density at radius 1 is 0.700 bits per heavy atom. The first-order valence-electron chi connectivity index (χ1n) is 47.3. The summed E-state index contributed by atoms with van der Waals surface area (Å²) in [7, 11) is 3.76. The van der Waals surface area contributed by atoms with Gasteiger partial charge in [0.15, 0.2) is 0 Å². The summed E-state index contributed by atoms with van der Waals surface area (Å²) >= 11 is 0. The Kier molecular flexibility index (Phi) is 32.9. The standard InChI is InChI=1S/C99H136N14O15S2/c1-57(2)20-16-21-59(5)73-38-39-74-71-37-34-67-51-69(40-42-98(67,7)75(71)41-43-99(73,74)8)128-97(127)101-44-15-14-27-77-88(118)109-84(58(3)4)94(124)108-81(92(122)110-85(60(6)114)86(100)116)56-130-129-55-80(91(121)105-78(48-61-30-35-68(115)36-31-61)89(119)106-79(90(120)104-77)50-66-52-102-76-26-13-12-25-70(66)76)107-87(117)72(64-33-32-62-22-10-11-23-63(62)49-64)53-103-93(123)82-28-18-46-112(82)96(126)83-29-19-47-113(83)95(125)65-24-17-45-111(9)54-65/h10-13,17,22-23,25-26,30-36,45,49,52,54,57-60,69-85,102,114-115H,14-16,18-21,24,27-29,37-44,46-48,50-51,53,55-56H2,1-9H3,(H2,100,116)(H,101,127)(H,103,123)(H,104,120)(H,105,121)(H,106,119)(H,107,117)(H,108,124)(H,109,118)(H,110,122). The molecule has 0 spiro atoms. The van der Waals surface area contributed by atoms with Crippen LogP contribution in [0.25, 0.3) is 10.8 Å². The molecule has 5 aliphatic heterocycles. The van der Waals surface area contributed by atoms with Crippen LogP contribution in [0.4, 0.5) is 4.79 Å². The fourth-order valence-corrected chi connectivity index (χ4v) is 24.6. The Morgan fingerprint density at radius 3 is 2.15 bits per heavy atom. The van der Waals surface area contributed by atoms with Crippen LogP contribution in [0.5, 0.6) is 5.75 Å². The van der Waals surface area contributed by atoms with Gasteiger partial charge in [0, 0.05) is 75.3 Å². The molecular formula is C99H136N14O15S2. The zero-order chi connectivity index (χ0) is 92.8. The molecule has 3 aromatic carbocycles. The van der Waals surface area contributed by atoms with Crippen molar-refractivity contribution in [3.8, 4) is 5.75 Å². The molecule has 704 valence electrons. The zero-order valence-corrected chi connectivity index (χ0v) is 78.3. The fourth-order valence-electron chi connectivity index (χ4n) is 22.3. The first kappa shape index (κ1) is 97.4. The van der Waals surface area contributed by atoms with Gasteiger partial charge < -0.3 is 88.6 Å². The molecule has 0 radical (unpaired) electrons. The predicted octanol–water partition coefficient (Wildman–Crippen LogP) is 9.31. The number of carbonyl (C=O) groups excluding carboxylic acids is 12. The number of allylic oxidation sites excluding steroid dienone is 4. The van der Waals surface area contributed by atoms with Crippen LogP contribution < -0.4 is 58.9 Å². The molecule has 0 bridgehead atoms. The van der Waals surface area contributed by atoms with Gasteiger partial charge in [-0.3, -0.25) is 52.7 Å². The van der Waals surface area contributed by atoms with Crippen molar-refractivity contribution in [2.24, 2.45) is 63.9 Å². The van der Waals surface area contributed by atoms with E-state index in [2.05, 4.69) is 93.9 Å². The minimum absolute atomic E-state index is 0.0444. The normalized spacial score (nSPS) is 29.9. The summed E-state index contributed by atoms with van der Waals surface area (Å²) in [5.41, 5.74) is 9.63. The van der Waals surface area contributed by atoms with Crippen molar-refractivity contribution in [3.05, 3.63) is 150 Å². The molecule has 0 aromatic heterocycles. The number of nitrogens with zero attached hydrogens (tertiary/aromatic N) is 3. The Balaban J connectivity index is 0.751. The molecule has 13 rings (SSSR count). The third-order valence-corrected chi connectivity index (χ3v) is 32.0. The Hall–Kier alpha value is -10.1. The third kappa shape index (κ3) is 23.5. The number of ether oxygens (including phenoxy) is 1. The molecule has 10 aliphatic rings. The second-order valence-electron chi connectivity index (χ2n) is 39.2. The van der Waals surface area contributed by atoms with Crippen LogP contribution in [0, 0.1) is 58.2 Å². The number of benzene rings is 3. The van der Waals surface area contributed by atoms with Gasteiger partial charge in [0.1, 0.15) is 66.2 Å². The van der Waals surface area contributed by atoms with E-state index in [1.807, 2.05) is 74.0 Å². The number of aliphatic hydroxyl groups is 1. The van der Waals surface area contributed by atoms with Crippen LogP contribution in [-0.4, -0.2) is 213 Å². The van der Waals surface area contributed by atoms with Gasteiger partial charge in [-0.25, -0.2) is 4.79 Å². The Labute approximate surface area is 772 Å². The lowest BCUT2D eigenvalue weighted by atomic mass is 9.47. The quantitative estimate of drug-likeness (QED) is 0.0183. The number of aliphatic hydroxyl groups excluding tert-OH is 1. The molecular weight excluding hydrogens is 1690 g/mol. The highest BCUT2D eigenvalue weighted by Crippen LogP contribution is 2.67. The minimum Gasteiger partial charge on any atom is -0.508 e. The van der Waals surface area contributed by atoms with E-state index in [9.17, 15) is 39.0 Å². The maximum Gasteiger partial charge on any atom is 0.407 e. The van der Waals surface area contributed by atoms with Crippen molar-refractivity contribution in [1.82, 2.24) is 67.9 Å². The second-order valence-corrected chi connectivity index (χ2v) is 41.7. The molecule has 5 heterocycles.